The minimum atomic E-state index is -0.324. The summed E-state index contributed by atoms with van der Waals surface area (Å²) in [5, 5.41) is 0. The third-order valence-corrected chi connectivity index (χ3v) is 6.80. The first-order valence-corrected chi connectivity index (χ1v) is 11.3. The van der Waals surface area contributed by atoms with E-state index in [1.54, 1.807) is 4.90 Å². The van der Waals surface area contributed by atoms with E-state index < -0.39 is 0 Å². The highest BCUT2D eigenvalue weighted by atomic mass is 16.6. The maximum Gasteiger partial charge on any atom is 0.233 e. The van der Waals surface area contributed by atoms with Gasteiger partial charge in [-0.1, -0.05) is 36.4 Å². The molecule has 5 heteroatoms. The molecule has 0 radical (unpaired) electrons. The summed E-state index contributed by atoms with van der Waals surface area (Å²) in [5.41, 5.74) is 1.94. The molecule has 3 aliphatic rings. The first-order chi connectivity index (χ1) is 14.7. The molecule has 5 rings (SSSR count). The van der Waals surface area contributed by atoms with Gasteiger partial charge in [-0.05, 0) is 36.1 Å². The van der Waals surface area contributed by atoms with Crippen LogP contribution in [0.25, 0.3) is 0 Å². The largest absolute Gasteiger partial charge is 0.486 e. The fourth-order valence-corrected chi connectivity index (χ4v) is 4.89. The van der Waals surface area contributed by atoms with Crippen molar-refractivity contribution in [2.45, 2.75) is 37.6 Å². The zero-order chi connectivity index (χ0) is 20.4. The van der Waals surface area contributed by atoms with Crippen LogP contribution in [0.4, 0.5) is 0 Å². The summed E-state index contributed by atoms with van der Waals surface area (Å²) >= 11 is 0. The fourth-order valence-electron chi connectivity index (χ4n) is 4.89. The zero-order valence-corrected chi connectivity index (χ0v) is 17.6. The Labute approximate surface area is 178 Å². The third-order valence-electron chi connectivity index (χ3n) is 6.80. The van der Waals surface area contributed by atoms with Crippen molar-refractivity contribution >= 4 is 5.91 Å². The summed E-state index contributed by atoms with van der Waals surface area (Å²) in [6, 6.07) is 16.4. The molecule has 2 aromatic rings. The van der Waals surface area contributed by atoms with Crippen LogP contribution < -0.4 is 14.4 Å². The number of nitrogens with one attached hydrogen (secondary N) is 1. The van der Waals surface area contributed by atoms with E-state index in [2.05, 4.69) is 23.1 Å². The Morgan fingerprint density at radius 3 is 2.43 bits per heavy atom. The van der Waals surface area contributed by atoms with Crippen LogP contribution in [0.2, 0.25) is 0 Å². The van der Waals surface area contributed by atoms with Gasteiger partial charge in [0.05, 0.1) is 31.6 Å². The molecule has 1 saturated heterocycles. The van der Waals surface area contributed by atoms with Crippen molar-refractivity contribution in [2.24, 2.45) is 0 Å². The molecule has 2 heterocycles. The second kappa shape index (κ2) is 8.31. The molecule has 1 aliphatic carbocycles. The second-order valence-corrected chi connectivity index (χ2v) is 8.86. The lowest BCUT2D eigenvalue weighted by molar-refractivity contribution is -0.886. The van der Waals surface area contributed by atoms with E-state index in [4.69, 9.17) is 9.47 Å². The SMILES string of the molecule is O=C(N(CC[NH+]1CCCC1)Cc1ccc2c(c1)OCCO2)C1(c2ccccc2)CC1. The summed E-state index contributed by atoms with van der Waals surface area (Å²) in [6.45, 7) is 6.09. The van der Waals surface area contributed by atoms with Crippen molar-refractivity contribution in [1.82, 2.24) is 4.90 Å². The topological polar surface area (TPSA) is 43.2 Å². The number of quaternary nitrogens is 1. The van der Waals surface area contributed by atoms with Gasteiger partial charge in [0.2, 0.25) is 5.91 Å². The lowest BCUT2D eigenvalue weighted by Gasteiger charge is -2.29. The number of likely N-dealkylation sites (tertiary alicyclic amines) is 1. The van der Waals surface area contributed by atoms with Crippen LogP contribution >= 0.6 is 0 Å². The van der Waals surface area contributed by atoms with Crippen LogP contribution in [0.5, 0.6) is 11.5 Å². The van der Waals surface area contributed by atoms with Crippen LogP contribution in [0.15, 0.2) is 48.5 Å². The highest BCUT2D eigenvalue weighted by Gasteiger charge is 2.53. The number of rotatable bonds is 7. The molecule has 2 aliphatic heterocycles. The number of fused-ring (bicyclic) bond motifs is 1. The molecular formula is C25H31N2O3+. The van der Waals surface area contributed by atoms with E-state index in [1.807, 2.05) is 30.3 Å². The molecule has 0 bridgehead atoms. The van der Waals surface area contributed by atoms with Gasteiger partial charge >= 0.3 is 0 Å². The third kappa shape index (κ3) is 3.91. The van der Waals surface area contributed by atoms with Crippen LogP contribution in [0.1, 0.15) is 36.8 Å². The minimum Gasteiger partial charge on any atom is -0.486 e. The molecule has 2 aromatic carbocycles. The number of carbonyl (C=O) groups excluding carboxylic acids is 1. The van der Waals surface area contributed by atoms with Gasteiger partial charge in [0.15, 0.2) is 11.5 Å². The van der Waals surface area contributed by atoms with Gasteiger partial charge in [0.1, 0.15) is 13.2 Å². The first-order valence-electron chi connectivity index (χ1n) is 11.3. The number of amides is 1. The van der Waals surface area contributed by atoms with Gasteiger partial charge in [-0.3, -0.25) is 4.79 Å². The molecule has 0 spiro atoms. The maximum atomic E-state index is 13.8. The van der Waals surface area contributed by atoms with Gasteiger partial charge in [0.25, 0.3) is 0 Å². The van der Waals surface area contributed by atoms with E-state index >= 15 is 0 Å². The first kappa shape index (κ1) is 19.4. The van der Waals surface area contributed by atoms with Crippen LogP contribution in [-0.4, -0.2) is 50.2 Å². The smallest absolute Gasteiger partial charge is 0.233 e. The molecule has 0 unspecified atom stereocenters. The molecule has 5 nitrogen and oxygen atoms in total. The minimum absolute atomic E-state index is 0.280. The van der Waals surface area contributed by atoms with E-state index in [9.17, 15) is 4.79 Å². The molecule has 30 heavy (non-hydrogen) atoms. The summed E-state index contributed by atoms with van der Waals surface area (Å²) in [5.74, 6) is 1.87. The molecule has 158 valence electrons. The van der Waals surface area contributed by atoms with E-state index in [0.717, 1.165) is 48.6 Å². The molecule has 1 amide bonds. The second-order valence-electron chi connectivity index (χ2n) is 8.86. The Kier molecular flexibility index (Phi) is 5.38. The van der Waals surface area contributed by atoms with E-state index in [1.165, 1.54) is 25.9 Å². The fraction of sp³-hybridized carbons (Fsp3) is 0.480. The van der Waals surface area contributed by atoms with Gasteiger partial charge < -0.3 is 19.3 Å². The lowest BCUT2D eigenvalue weighted by atomic mass is 9.94. The molecular weight excluding hydrogens is 376 g/mol. The van der Waals surface area contributed by atoms with Crippen molar-refractivity contribution in [1.29, 1.82) is 0 Å². The molecule has 1 N–H and O–H groups in total. The number of hydrogen-bond acceptors (Lipinski definition) is 3. The number of benzene rings is 2. The van der Waals surface area contributed by atoms with Crippen molar-refractivity contribution in [3.8, 4) is 11.5 Å². The van der Waals surface area contributed by atoms with Crippen molar-refractivity contribution < 1.29 is 19.2 Å². The number of nitrogens with zero attached hydrogens (tertiary/aromatic N) is 1. The Hall–Kier alpha value is -2.53. The van der Waals surface area contributed by atoms with Crippen LogP contribution in [-0.2, 0) is 16.8 Å². The van der Waals surface area contributed by atoms with E-state index in [-0.39, 0.29) is 11.3 Å². The predicted molar refractivity (Wildman–Crippen MR) is 115 cm³/mol. The molecule has 0 atom stereocenters. The molecule has 2 fully saturated rings. The van der Waals surface area contributed by atoms with Crippen molar-refractivity contribution in [3.05, 3.63) is 59.7 Å². The van der Waals surface area contributed by atoms with Crippen LogP contribution in [0, 0.1) is 0 Å². The van der Waals surface area contributed by atoms with Gasteiger partial charge in [-0.25, -0.2) is 0 Å². The van der Waals surface area contributed by atoms with Gasteiger partial charge in [-0.15, -0.1) is 0 Å². The zero-order valence-electron chi connectivity index (χ0n) is 17.6. The Balaban J connectivity index is 1.36. The normalized spacial score (nSPS) is 19.5. The lowest BCUT2D eigenvalue weighted by Crippen LogP contribution is -3.10. The Morgan fingerprint density at radius 1 is 0.967 bits per heavy atom. The predicted octanol–water partition coefficient (Wildman–Crippen LogP) is 2.20. The number of ether oxygens (including phenoxy) is 2. The molecule has 1 saturated carbocycles. The summed E-state index contributed by atoms with van der Waals surface area (Å²) in [6.07, 6.45) is 4.51. The van der Waals surface area contributed by atoms with Crippen molar-refractivity contribution in [2.75, 3.05) is 39.4 Å². The monoisotopic (exact) mass is 407 g/mol. The summed E-state index contributed by atoms with van der Waals surface area (Å²) in [7, 11) is 0. The average molecular weight is 408 g/mol. The quantitative estimate of drug-likeness (QED) is 0.765. The maximum absolute atomic E-state index is 13.8. The van der Waals surface area contributed by atoms with Gasteiger partial charge in [0, 0.05) is 19.4 Å². The standard InChI is InChI=1S/C25H30N2O3/c28-24(25(10-11-25)21-6-2-1-3-7-21)27(15-14-26-12-4-5-13-26)19-20-8-9-22-23(18-20)30-17-16-29-22/h1-3,6-9,18H,4-5,10-17,19H2/p+1. The summed E-state index contributed by atoms with van der Waals surface area (Å²) in [4.78, 5) is 17.5. The van der Waals surface area contributed by atoms with E-state index in [0.29, 0.717) is 19.8 Å². The Morgan fingerprint density at radius 2 is 1.70 bits per heavy atom. The highest BCUT2D eigenvalue weighted by molar-refractivity contribution is 5.91. The summed E-state index contributed by atoms with van der Waals surface area (Å²) < 4.78 is 11.4. The molecule has 0 aromatic heterocycles. The number of hydrogen-bond donors (Lipinski definition) is 1. The highest BCUT2D eigenvalue weighted by Crippen LogP contribution is 2.49. The number of carbonyl (C=O) groups is 1. The Bertz CT molecular complexity index is 889. The van der Waals surface area contributed by atoms with Crippen molar-refractivity contribution in [3.63, 3.8) is 0 Å². The van der Waals surface area contributed by atoms with Crippen LogP contribution in [0.3, 0.4) is 0 Å². The average Bonchev–Trinajstić information content (AvgIpc) is 3.45. The van der Waals surface area contributed by atoms with Gasteiger partial charge in [-0.2, -0.15) is 0 Å².